The Morgan fingerprint density at radius 1 is 0.741 bits per heavy atom. The summed E-state index contributed by atoms with van der Waals surface area (Å²) < 4.78 is 0. The average Bonchev–Trinajstić information content (AvgIpc) is 2.71. The van der Waals surface area contributed by atoms with Crippen LogP contribution in [0.2, 0.25) is 0 Å². The second-order valence-corrected chi connectivity index (χ2v) is 6.22. The van der Waals surface area contributed by atoms with Crippen molar-refractivity contribution in [3.05, 3.63) is 59.2 Å². The van der Waals surface area contributed by atoms with E-state index < -0.39 is 0 Å². The zero-order valence-electron chi connectivity index (χ0n) is 18.2. The first kappa shape index (κ1) is 22.8. The summed E-state index contributed by atoms with van der Waals surface area (Å²) in [7, 11) is 0. The molecule has 2 aromatic carbocycles. The van der Waals surface area contributed by atoms with E-state index in [9.17, 15) is 4.79 Å². The van der Waals surface area contributed by atoms with Gasteiger partial charge in [0.25, 0.3) is 0 Å². The van der Waals surface area contributed by atoms with E-state index in [2.05, 4.69) is 49.6 Å². The Bertz CT molecular complexity index is 699. The van der Waals surface area contributed by atoms with Crippen molar-refractivity contribution in [1.82, 2.24) is 0 Å². The first-order valence-corrected chi connectivity index (χ1v) is 10.3. The summed E-state index contributed by atoms with van der Waals surface area (Å²) in [4.78, 5) is 17.4. The van der Waals surface area contributed by atoms with Gasteiger partial charge in [-0.1, -0.05) is 13.8 Å². The van der Waals surface area contributed by atoms with E-state index in [1.54, 1.807) is 0 Å². The first-order chi connectivity index (χ1) is 13.0. The molecule has 3 nitrogen and oxygen atoms in total. The van der Waals surface area contributed by atoms with Crippen molar-refractivity contribution in [3.8, 4) is 0 Å². The fraction of sp³-hybridized carbons (Fsp3) is 0.458. The number of aryl methyl sites for hydroxylation is 1. The molecule has 3 heteroatoms. The molecular formula is C24H36N2O. The summed E-state index contributed by atoms with van der Waals surface area (Å²) in [6, 6.07) is 14.1. The van der Waals surface area contributed by atoms with Crippen LogP contribution in [-0.4, -0.2) is 32.0 Å². The van der Waals surface area contributed by atoms with Crippen LogP contribution in [0.3, 0.4) is 0 Å². The van der Waals surface area contributed by atoms with Gasteiger partial charge in [-0.2, -0.15) is 0 Å². The van der Waals surface area contributed by atoms with E-state index in [0.717, 1.165) is 48.6 Å². The maximum Gasteiger partial charge on any atom is 0.193 e. The zero-order valence-corrected chi connectivity index (χ0v) is 18.2. The number of benzene rings is 2. The number of carbonyl (C=O) groups is 1. The minimum Gasteiger partial charge on any atom is -0.372 e. The van der Waals surface area contributed by atoms with E-state index in [1.165, 1.54) is 5.69 Å². The van der Waals surface area contributed by atoms with Crippen LogP contribution in [0.25, 0.3) is 0 Å². The van der Waals surface area contributed by atoms with Crippen molar-refractivity contribution in [3.63, 3.8) is 0 Å². The average molecular weight is 369 g/mol. The molecular weight excluding hydrogens is 332 g/mol. The molecule has 0 aliphatic carbocycles. The minimum atomic E-state index is 0.0923. The third-order valence-electron chi connectivity index (χ3n) is 4.84. The number of hydrogen-bond donors (Lipinski definition) is 0. The van der Waals surface area contributed by atoms with Crippen LogP contribution in [0.5, 0.6) is 0 Å². The molecule has 2 rings (SSSR count). The van der Waals surface area contributed by atoms with Gasteiger partial charge in [-0.3, -0.25) is 4.79 Å². The van der Waals surface area contributed by atoms with Crippen LogP contribution in [0, 0.1) is 6.92 Å². The number of ketones is 1. The van der Waals surface area contributed by atoms with E-state index in [1.807, 2.05) is 51.1 Å². The molecule has 0 N–H and O–H groups in total. The fourth-order valence-corrected chi connectivity index (χ4v) is 3.26. The van der Waals surface area contributed by atoms with Crippen molar-refractivity contribution < 1.29 is 4.79 Å². The Kier molecular flexibility index (Phi) is 9.63. The van der Waals surface area contributed by atoms with Crippen LogP contribution < -0.4 is 9.80 Å². The zero-order chi connectivity index (χ0) is 20.4. The molecule has 0 amide bonds. The molecule has 0 unspecified atom stereocenters. The first-order valence-electron chi connectivity index (χ1n) is 10.3. The molecule has 0 saturated carbocycles. The van der Waals surface area contributed by atoms with Crippen LogP contribution in [0.1, 0.15) is 63.0 Å². The molecule has 27 heavy (non-hydrogen) atoms. The molecule has 0 bridgehead atoms. The largest absolute Gasteiger partial charge is 0.372 e. The molecule has 0 saturated heterocycles. The van der Waals surface area contributed by atoms with Gasteiger partial charge in [0, 0.05) is 48.7 Å². The van der Waals surface area contributed by atoms with Gasteiger partial charge in [-0.25, -0.2) is 0 Å². The number of carbonyl (C=O) groups excluding carboxylic acids is 1. The normalized spacial score (nSPS) is 10.0. The third kappa shape index (κ3) is 5.59. The fourth-order valence-electron chi connectivity index (χ4n) is 3.26. The highest BCUT2D eigenvalue weighted by atomic mass is 16.1. The lowest BCUT2D eigenvalue weighted by Crippen LogP contribution is -2.22. The van der Waals surface area contributed by atoms with Crippen molar-refractivity contribution in [2.75, 3.05) is 36.0 Å². The number of nitrogens with zero attached hydrogens (tertiary/aromatic N) is 2. The van der Waals surface area contributed by atoms with Gasteiger partial charge in [0.15, 0.2) is 5.78 Å². The highest BCUT2D eigenvalue weighted by molar-refractivity contribution is 6.10. The lowest BCUT2D eigenvalue weighted by molar-refractivity contribution is 0.103. The summed E-state index contributed by atoms with van der Waals surface area (Å²) in [6.07, 6.45) is 0. The Balaban J connectivity index is 0.00000176. The van der Waals surface area contributed by atoms with Crippen molar-refractivity contribution >= 4 is 17.2 Å². The van der Waals surface area contributed by atoms with E-state index >= 15 is 0 Å². The minimum absolute atomic E-state index is 0.0923. The molecule has 148 valence electrons. The summed E-state index contributed by atoms with van der Waals surface area (Å²) >= 11 is 0. The van der Waals surface area contributed by atoms with Crippen LogP contribution >= 0.6 is 0 Å². The van der Waals surface area contributed by atoms with Gasteiger partial charge in [-0.05, 0) is 82.6 Å². The lowest BCUT2D eigenvalue weighted by atomic mass is 9.98. The molecule has 0 spiro atoms. The second-order valence-electron chi connectivity index (χ2n) is 6.22. The number of anilines is 2. The maximum atomic E-state index is 12.9. The second kappa shape index (κ2) is 11.4. The summed E-state index contributed by atoms with van der Waals surface area (Å²) in [6.45, 7) is 18.5. The lowest BCUT2D eigenvalue weighted by Gasteiger charge is -2.22. The summed E-state index contributed by atoms with van der Waals surface area (Å²) in [5, 5.41) is 0. The van der Waals surface area contributed by atoms with Gasteiger partial charge in [0.1, 0.15) is 0 Å². The molecule has 0 aliphatic heterocycles. The van der Waals surface area contributed by atoms with E-state index in [0.29, 0.717) is 0 Å². The van der Waals surface area contributed by atoms with Crippen LogP contribution in [-0.2, 0) is 0 Å². The van der Waals surface area contributed by atoms with Gasteiger partial charge in [-0.15, -0.1) is 0 Å². The molecule has 0 radical (unpaired) electrons. The van der Waals surface area contributed by atoms with Gasteiger partial charge >= 0.3 is 0 Å². The monoisotopic (exact) mass is 368 g/mol. The smallest absolute Gasteiger partial charge is 0.193 e. The molecule has 0 aliphatic rings. The van der Waals surface area contributed by atoms with E-state index in [-0.39, 0.29) is 5.78 Å². The maximum absolute atomic E-state index is 12.9. The van der Waals surface area contributed by atoms with Gasteiger partial charge < -0.3 is 9.80 Å². The topological polar surface area (TPSA) is 23.6 Å². The van der Waals surface area contributed by atoms with Crippen molar-refractivity contribution in [1.29, 1.82) is 0 Å². The molecule has 2 aromatic rings. The predicted octanol–water partition coefficient (Wildman–Crippen LogP) is 5.94. The number of hydrogen-bond acceptors (Lipinski definition) is 3. The van der Waals surface area contributed by atoms with Crippen LogP contribution in [0.4, 0.5) is 11.4 Å². The van der Waals surface area contributed by atoms with Crippen LogP contribution in [0.15, 0.2) is 42.5 Å². The quantitative estimate of drug-likeness (QED) is 0.538. The summed E-state index contributed by atoms with van der Waals surface area (Å²) in [5.41, 5.74) is 4.90. The molecule has 0 atom stereocenters. The van der Waals surface area contributed by atoms with E-state index in [4.69, 9.17) is 0 Å². The Hall–Kier alpha value is -2.29. The highest BCUT2D eigenvalue weighted by Gasteiger charge is 2.14. The van der Waals surface area contributed by atoms with Crippen molar-refractivity contribution in [2.24, 2.45) is 0 Å². The third-order valence-corrected chi connectivity index (χ3v) is 4.84. The Morgan fingerprint density at radius 2 is 1.19 bits per heavy atom. The van der Waals surface area contributed by atoms with Gasteiger partial charge in [0.2, 0.25) is 0 Å². The summed E-state index contributed by atoms with van der Waals surface area (Å²) in [5.74, 6) is 0.0923. The highest BCUT2D eigenvalue weighted by Crippen LogP contribution is 2.23. The molecule has 0 fully saturated rings. The predicted molar refractivity (Wildman–Crippen MR) is 120 cm³/mol. The standard InChI is InChI=1S/C22H30N2O.C2H6/c1-6-23(7-2)19-12-10-18(11-13-19)22(25)21-15-14-20(16-17(21)5)24(8-3)9-4;1-2/h10-16H,6-9H2,1-5H3;1-2H3. The van der Waals surface area contributed by atoms with Crippen molar-refractivity contribution in [2.45, 2.75) is 48.5 Å². The molecule has 0 aromatic heterocycles. The van der Waals surface area contributed by atoms with Gasteiger partial charge in [0.05, 0.1) is 0 Å². The molecule has 0 heterocycles. The SMILES string of the molecule is CC.CCN(CC)c1ccc(C(=O)c2ccc(N(CC)CC)cc2C)cc1. The Labute approximate surface area is 166 Å². The number of rotatable bonds is 8. The Morgan fingerprint density at radius 3 is 1.63 bits per heavy atom.